The Balaban J connectivity index is 1.22. The molecule has 3 fully saturated rings. The lowest BCUT2D eigenvalue weighted by atomic mass is 9.75. The predicted molar refractivity (Wildman–Crippen MR) is 94.6 cm³/mol. The van der Waals surface area contributed by atoms with Crippen LogP contribution in [0.3, 0.4) is 0 Å². The fourth-order valence-electron chi connectivity index (χ4n) is 4.32. The lowest BCUT2D eigenvalue weighted by Crippen LogP contribution is -2.72. The first-order valence-electron chi connectivity index (χ1n) is 9.43. The SMILES string of the molecule is CN1CC[C@H](COCC2CC2)CC12CN(c1ccc3nncn3n1)C2. The van der Waals surface area contributed by atoms with Gasteiger partial charge in [-0.25, -0.2) is 0 Å². The average Bonchev–Trinajstić information content (AvgIpc) is 3.29. The molecule has 0 radical (unpaired) electrons. The lowest BCUT2D eigenvalue weighted by molar-refractivity contribution is -0.0138. The van der Waals surface area contributed by atoms with Crippen LogP contribution >= 0.6 is 0 Å². The molecule has 2 aromatic rings. The van der Waals surface area contributed by atoms with Gasteiger partial charge in [-0.2, -0.15) is 4.52 Å². The van der Waals surface area contributed by atoms with Gasteiger partial charge in [0, 0.05) is 26.3 Å². The Hall–Kier alpha value is -1.73. The second-order valence-electron chi connectivity index (χ2n) is 8.17. The van der Waals surface area contributed by atoms with Gasteiger partial charge in [0.05, 0.1) is 5.54 Å². The molecule has 3 aliphatic rings. The summed E-state index contributed by atoms with van der Waals surface area (Å²) in [6, 6.07) is 4.04. The number of rotatable bonds is 5. The van der Waals surface area contributed by atoms with E-state index in [4.69, 9.17) is 4.74 Å². The number of piperidine rings is 1. The Kier molecular flexibility index (Phi) is 3.67. The molecule has 2 saturated heterocycles. The number of hydrogen-bond acceptors (Lipinski definition) is 6. The van der Waals surface area contributed by atoms with Crippen LogP contribution in [-0.4, -0.2) is 70.1 Å². The van der Waals surface area contributed by atoms with E-state index >= 15 is 0 Å². The van der Waals surface area contributed by atoms with Gasteiger partial charge in [-0.3, -0.25) is 4.90 Å². The molecule has 25 heavy (non-hydrogen) atoms. The number of fused-ring (bicyclic) bond motifs is 1. The molecular formula is C18H26N6O. The van der Waals surface area contributed by atoms with Crippen LogP contribution in [0.4, 0.5) is 5.82 Å². The molecular weight excluding hydrogens is 316 g/mol. The molecule has 0 bridgehead atoms. The zero-order valence-corrected chi connectivity index (χ0v) is 14.8. The van der Waals surface area contributed by atoms with Crippen molar-refractivity contribution in [2.24, 2.45) is 11.8 Å². The van der Waals surface area contributed by atoms with Crippen LogP contribution in [0.5, 0.6) is 0 Å². The standard InChI is InChI=1S/C18H26N6O/c1-22-7-6-15(10-25-9-14-2-3-14)8-18(22)11-23(12-18)17-5-4-16-20-19-13-24(16)21-17/h4-5,13-15H,2-3,6-12H2,1H3/t15-/m0/s1. The number of ether oxygens (including phenoxy) is 1. The Morgan fingerprint density at radius 1 is 1.16 bits per heavy atom. The minimum Gasteiger partial charge on any atom is -0.381 e. The molecule has 134 valence electrons. The molecule has 5 rings (SSSR count). The van der Waals surface area contributed by atoms with E-state index in [2.05, 4.69) is 38.2 Å². The highest BCUT2D eigenvalue weighted by Crippen LogP contribution is 2.40. The van der Waals surface area contributed by atoms with Crippen LogP contribution < -0.4 is 4.90 Å². The summed E-state index contributed by atoms with van der Waals surface area (Å²) in [5.74, 6) is 2.57. The van der Waals surface area contributed by atoms with Gasteiger partial charge in [-0.05, 0) is 63.2 Å². The van der Waals surface area contributed by atoms with Crippen LogP contribution in [-0.2, 0) is 4.74 Å². The Morgan fingerprint density at radius 3 is 2.84 bits per heavy atom. The lowest BCUT2D eigenvalue weighted by Gasteiger charge is -2.58. The van der Waals surface area contributed by atoms with Crippen molar-refractivity contribution >= 4 is 11.5 Å². The number of likely N-dealkylation sites (tertiary alicyclic amines) is 1. The van der Waals surface area contributed by atoms with Crippen molar-refractivity contribution in [1.82, 2.24) is 24.7 Å². The first-order chi connectivity index (χ1) is 12.2. The van der Waals surface area contributed by atoms with Crippen LogP contribution in [0.25, 0.3) is 5.65 Å². The van der Waals surface area contributed by atoms with Gasteiger partial charge in [0.2, 0.25) is 0 Å². The summed E-state index contributed by atoms with van der Waals surface area (Å²) in [6.07, 6.45) is 6.90. The summed E-state index contributed by atoms with van der Waals surface area (Å²) in [5, 5.41) is 12.6. The van der Waals surface area contributed by atoms with E-state index in [0.717, 1.165) is 43.7 Å². The third kappa shape index (κ3) is 2.89. The van der Waals surface area contributed by atoms with Gasteiger partial charge >= 0.3 is 0 Å². The fourth-order valence-corrected chi connectivity index (χ4v) is 4.32. The minimum atomic E-state index is 0.287. The summed E-state index contributed by atoms with van der Waals surface area (Å²) in [6.45, 7) is 5.18. The minimum absolute atomic E-state index is 0.287. The largest absolute Gasteiger partial charge is 0.381 e. The summed E-state index contributed by atoms with van der Waals surface area (Å²) in [4.78, 5) is 4.92. The molecule has 1 aliphatic carbocycles. The van der Waals surface area contributed by atoms with Crippen LogP contribution in [0.1, 0.15) is 25.7 Å². The van der Waals surface area contributed by atoms with Crippen molar-refractivity contribution in [3.63, 3.8) is 0 Å². The Bertz CT molecular complexity index is 751. The third-order valence-electron chi connectivity index (χ3n) is 6.20. The van der Waals surface area contributed by atoms with Crippen LogP contribution in [0.15, 0.2) is 18.5 Å². The fraction of sp³-hybridized carbons (Fsp3) is 0.722. The average molecular weight is 342 g/mol. The second kappa shape index (κ2) is 5.92. The summed E-state index contributed by atoms with van der Waals surface area (Å²) in [7, 11) is 2.27. The van der Waals surface area contributed by atoms with E-state index in [9.17, 15) is 0 Å². The Labute approximate surface area is 148 Å². The molecule has 4 heterocycles. The van der Waals surface area contributed by atoms with Crippen LogP contribution in [0.2, 0.25) is 0 Å². The monoisotopic (exact) mass is 342 g/mol. The van der Waals surface area contributed by atoms with Gasteiger partial charge < -0.3 is 9.64 Å². The highest BCUT2D eigenvalue weighted by Gasteiger charge is 2.49. The van der Waals surface area contributed by atoms with Crippen molar-refractivity contribution in [2.75, 3.05) is 44.8 Å². The van der Waals surface area contributed by atoms with E-state index in [-0.39, 0.29) is 5.54 Å². The molecule has 0 N–H and O–H groups in total. The number of likely N-dealkylation sites (N-methyl/N-ethyl adjacent to an activating group) is 1. The van der Waals surface area contributed by atoms with Gasteiger partial charge in [0.25, 0.3) is 0 Å². The Morgan fingerprint density at radius 2 is 2.00 bits per heavy atom. The van der Waals surface area contributed by atoms with Gasteiger partial charge in [0.15, 0.2) is 5.65 Å². The molecule has 0 amide bonds. The van der Waals surface area contributed by atoms with E-state index < -0.39 is 0 Å². The van der Waals surface area contributed by atoms with Crippen molar-refractivity contribution in [3.8, 4) is 0 Å². The van der Waals surface area contributed by atoms with Gasteiger partial charge in [0.1, 0.15) is 12.1 Å². The molecule has 1 atom stereocenters. The number of anilines is 1. The first kappa shape index (κ1) is 15.5. The smallest absolute Gasteiger partial charge is 0.177 e. The molecule has 1 saturated carbocycles. The maximum atomic E-state index is 5.98. The molecule has 7 nitrogen and oxygen atoms in total. The quantitative estimate of drug-likeness (QED) is 0.820. The first-order valence-corrected chi connectivity index (χ1v) is 9.43. The number of nitrogens with zero attached hydrogens (tertiary/aromatic N) is 6. The van der Waals surface area contributed by atoms with Crippen LogP contribution in [0, 0.1) is 11.8 Å². The molecule has 0 aromatic carbocycles. The molecule has 2 aromatic heterocycles. The van der Waals surface area contributed by atoms with E-state index in [1.807, 2.05) is 6.07 Å². The van der Waals surface area contributed by atoms with Crippen molar-refractivity contribution in [3.05, 3.63) is 18.5 Å². The third-order valence-corrected chi connectivity index (χ3v) is 6.20. The van der Waals surface area contributed by atoms with E-state index in [1.165, 1.54) is 32.2 Å². The van der Waals surface area contributed by atoms with E-state index in [0.29, 0.717) is 5.92 Å². The van der Waals surface area contributed by atoms with Gasteiger partial charge in [-0.15, -0.1) is 15.3 Å². The number of aromatic nitrogens is 4. The highest BCUT2D eigenvalue weighted by molar-refractivity contribution is 5.48. The zero-order valence-electron chi connectivity index (χ0n) is 14.8. The maximum absolute atomic E-state index is 5.98. The molecule has 2 aliphatic heterocycles. The summed E-state index contributed by atoms with van der Waals surface area (Å²) < 4.78 is 7.73. The molecule has 7 heteroatoms. The second-order valence-corrected chi connectivity index (χ2v) is 8.17. The van der Waals surface area contributed by atoms with E-state index in [1.54, 1.807) is 10.8 Å². The summed E-state index contributed by atoms with van der Waals surface area (Å²) in [5.41, 5.74) is 1.08. The normalized spacial score (nSPS) is 26.3. The molecule has 1 spiro atoms. The summed E-state index contributed by atoms with van der Waals surface area (Å²) >= 11 is 0. The maximum Gasteiger partial charge on any atom is 0.177 e. The topological polar surface area (TPSA) is 58.8 Å². The van der Waals surface area contributed by atoms with Crippen molar-refractivity contribution in [1.29, 1.82) is 0 Å². The number of hydrogen-bond donors (Lipinski definition) is 0. The highest BCUT2D eigenvalue weighted by atomic mass is 16.5. The molecule has 0 unspecified atom stereocenters. The van der Waals surface area contributed by atoms with Crippen molar-refractivity contribution < 1.29 is 4.74 Å². The van der Waals surface area contributed by atoms with Crippen molar-refractivity contribution in [2.45, 2.75) is 31.2 Å². The predicted octanol–water partition coefficient (Wildman–Crippen LogP) is 1.45. The van der Waals surface area contributed by atoms with Gasteiger partial charge in [-0.1, -0.05) is 0 Å². The zero-order chi connectivity index (χ0) is 16.9.